The van der Waals surface area contributed by atoms with Crippen molar-refractivity contribution in [2.75, 3.05) is 25.1 Å². The number of fused-ring (bicyclic) bond motifs is 1. The lowest BCUT2D eigenvalue weighted by Crippen LogP contribution is -2.60. The lowest BCUT2D eigenvalue weighted by atomic mass is 9.89. The predicted molar refractivity (Wildman–Crippen MR) is 150 cm³/mol. The Morgan fingerprint density at radius 2 is 1.89 bits per heavy atom. The minimum Gasteiger partial charge on any atom is -0.508 e. The first-order valence-corrected chi connectivity index (χ1v) is 15.8. The number of amides is 2. The predicted octanol–water partition coefficient (Wildman–Crippen LogP) is 2.18. The summed E-state index contributed by atoms with van der Waals surface area (Å²) in [5.74, 6) is 1.41. The number of aliphatic hydroxyl groups excluding tert-OH is 1. The molecule has 10 nitrogen and oxygen atoms in total. The van der Waals surface area contributed by atoms with Gasteiger partial charge in [-0.05, 0) is 70.8 Å². The van der Waals surface area contributed by atoms with E-state index in [2.05, 4.69) is 15.5 Å². The number of phenols is 1. The van der Waals surface area contributed by atoms with Crippen LogP contribution in [0.4, 0.5) is 0 Å². The van der Waals surface area contributed by atoms with Crippen molar-refractivity contribution in [3.63, 3.8) is 0 Å². The average molecular weight is 574 g/mol. The van der Waals surface area contributed by atoms with E-state index >= 15 is 0 Å². The van der Waals surface area contributed by atoms with Crippen molar-refractivity contribution in [1.29, 1.82) is 0 Å². The number of hydrogen-bond donors (Lipinski definition) is 5. The second kappa shape index (κ2) is 13.5. The first-order chi connectivity index (χ1) is 17.5. The second-order valence-electron chi connectivity index (χ2n) is 11.1. The van der Waals surface area contributed by atoms with Gasteiger partial charge in [0.1, 0.15) is 5.75 Å². The zero-order chi connectivity index (χ0) is 28.8. The highest BCUT2D eigenvalue weighted by molar-refractivity contribution is 8.00. The van der Waals surface area contributed by atoms with Gasteiger partial charge < -0.3 is 20.8 Å². The number of thioether (sulfide) groups is 1. The molecular formula is C26H43N3O7S2. The number of aromatic hydroxyl groups is 1. The number of phenolic OH excluding ortho intramolecular Hbond substituents is 1. The topological polar surface area (TPSA) is 156 Å². The molecule has 1 aromatic carbocycles. The Kier molecular flexibility index (Phi) is 11.5. The van der Waals surface area contributed by atoms with E-state index in [1.165, 1.54) is 0 Å². The molecule has 0 bridgehead atoms. The summed E-state index contributed by atoms with van der Waals surface area (Å²) < 4.78 is 25.9. The first kappa shape index (κ1) is 32.4. The van der Waals surface area contributed by atoms with Gasteiger partial charge in [0.05, 0.1) is 24.4 Å². The van der Waals surface area contributed by atoms with Crippen molar-refractivity contribution < 1.29 is 32.8 Å². The van der Waals surface area contributed by atoms with Crippen molar-refractivity contribution in [2.45, 2.75) is 82.9 Å². The number of rotatable bonds is 7. The van der Waals surface area contributed by atoms with E-state index in [0.29, 0.717) is 41.5 Å². The number of likely N-dealkylation sites (tertiary alicyclic amines) is 1. The van der Waals surface area contributed by atoms with Gasteiger partial charge in [-0.25, -0.2) is 0 Å². The Hall–Kier alpha value is -1.86. The Balaban J connectivity index is 0.000000926. The van der Waals surface area contributed by atoms with Gasteiger partial charge in [-0.15, -0.1) is 0 Å². The van der Waals surface area contributed by atoms with Crippen LogP contribution in [0.3, 0.4) is 0 Å². The van der Waals surface area contributed by atoms with Gasteiger partial charge in [0.25, 0.3) is 16.0 Å². The van der Waals surface area contributed by atoms with E-state index < -0.39 is 22.3 Å². The van der Waals surface area contributed by atoms with Crippen LogP contribution >= 0.6 is 11.8 Å². The van der Waals surface area contributed by atoms with Crippen LogP contribution in [0.25, 0.3) is 0 Å². The molecule has 5 atom stereocenters. The molecule has 2 aliphatic heterocycles. The van der Waals surface area contributed by atoms with Crippen LogP contribution in [0.5, 0.6) is 5.75 Å². The van der Waals surface area contributed by atoms with Gasteiger partial charge in [0.15, 0.2) is 0 Å². The molecule has 2 amide bonds. The lowest BCUT2D eigenvalue weighted by molar-refractivity contribution is -0.130. The third-order valence-electron chi connectivity index (χ3n) is 6.70. The van der Waals surface area contributed by atoms with Crippen LogP contribution in [-0.4, -0.2) is 94.0 Å². The van der Waals surface area contributed by atoms with E-state index in [4.69, 9.17) is 4.55 Å². The maximum atomic E-state index is 13.1. The summed E-state index contributed by atoms with van der Waals surface area (Å²) in [5.41, 5.74) is 0.589. The standard InChI is InChI=1S/C25H39N3O4S.CH4O3S/c1-6-18(26-23(31)17-8-7-9-20(29)15(17)2)21(30)14-28-13-16-10-11-33-22(16)12-19(28)24(32)27-25(3,4)5;1-5(2,3)4/h7-9,16,18-19,21-22,29-30H,6,10-14H2,1-5H3,(H,26,31)(H,27,32);1H3,(H,2,3,4)/t16-,18+,19+,21-,22+;/m1./s1. The average Bonchev–Trinajstić information content (AvgIpc) is 3.23. The third-order valence-corrected chi connectivity index (χ3v) is 8.18. The first-order valence-electron chi connectivity index (χ1n) is 12.9. The normalized spacial score (nSPS) is 23.4. The molecule has 0 aliphatic carbocycles. The van der Waals surface area contributed by atoms with Crippen LogP contribution in [0.2, 0.25) is 0 Å². The fraction of sp³-hybridized carbons (Fsp3) is 0.692. The molecule has 0 unspecified atom stereocenters. The van der Waals surface area contributed by atoms with Crippen molar-refractivity contribution >= 4 is 33.7 Å². The summed E-state index contributed by atoms with van der Waals surface area (Å²) in [7, 11) is -3.67. The van der Waals surface area contributed by atoms with Crippen molar-refractivity contribution in [3.05, 3.63) is 29.3 Å². The number of carbonyl (C=O) groups excluding carboxylic acids is 2. The largest absolute Gasteiger partial charge is 0.508 e. The van der Waals surface area contributed by atoms with E-state index in [-0.39, 0.29) is 29.1 Å². The van der Waals surface area contributed by atoms with Gasteiger partial charge in [-0.3, -0.25) is 19.0 Å². The van der Waals surface area contributed by atoms with Crippen molar-refractivity contribution in [3.8, 4) is 5.75 Å². The van der Waals surface area contributed by atoms with E-state index in [1.54, 1.807) is 25.1 Å². The molecule has 38 heavy (non-hydrogen) atoms. The summed E-state index contributed by atoms with van der Waals surface area (Å²) in [5, 5.41) is 27.6. The van der Waals surface area contributed by atoms with Gasteiger partial charge >= 0.3 is 0 Å². The highest BCUT2D eigenvalue weighted by Crippen LogP contribution is 2.40. The molecule has 0 spiro atoms. The highest BCUT2D eigenvalue weighted by atomic mass is 32.2. The molecule has 3 rings (SSSR count). The van der Waals surface area contributed by atoms with Crippen LogP contribution in [-0.2, 0) is 14.9 Å². The van der Waals surface area contributed by atoms with E-state index in [0.717, 1.165) is 25.1 Å². The van der Waals surface area contributed by atoms with Crippen LogP contribution < -0.4 is 10.6 Å². The summed E-state index contributed by atoms with van der Waals surface area (Å²) in [6.07, 6.45) is 2.38. The smallest absolute Gasteiger partial charge is 0.261 e. The number of benzene rings is 1. The van der Waals surface area contributed by atoms with Crippen LogP contribution in [0.15, 0.2) is 18.2 Å². The molecule has 0 radical (unpaired) electrons. The van der Waals surface area contributed by atoms with Gasteiger partial charge in [-0.2, -0.15) is 20.2 Å². The quantitative estimate of drug-likeness (QED) is 0.309. The maximum Gasteiger partial charge on any atom is 0.261 e. The second-order valence-corrected chi connectivity index (χ2v) is 14.0. The third kappa shape index (κ3) is 10.0. The summed E-state index contributed by atoms with van der Waals surface area (Å²) in [4.78, 5) is 28.1. The van der Waals surface area contributed by atoms with Gasteiger partial charge in [-0.1, -0.05) is 13.0 Å². The van der Waals surface area contributed by atoms with Gasteiger partial charge in [0, 0.05) is 35.0 Å². The molecule has 5 N–H and O–H groups in total. The molecule has 2 saturated heterocycles. The molecule has 0 aromatic heterocycles. The molecule has 0 saturated carbocycles. The zero-order valence-electron chi connectivity index (χ0n) is 23.1. The highest BCUT2D eigenvalue weighted by Gasteiger charge is 2.43. The maximum absolute atomic E-state index is 13.1. The fourth-order valence-electron chi connectivity index (χ4n) is 4.84. The Bertz CT molecular complexity index is 1070. The number of β-amino-alcohol motifs (C(OH)–C–C–N with tert-alkyl or cyclic N) is 1. The number of nitrogens with one attached hydrogen (secondary N) is 2. The minimum absolute atomic E-state index is 0.00752. The number of nitrogens with zero attached hydrogens (tertiary/aromatic N) is 1. The van der Waals surface area contributed by atoms with Crippen molar-refractivity contribution in [1.82, 2.24) is 15.5 Å². The summed E-state index contributed by atoms with van der Waals surface area (Å²) in [6.45, 7) is 10.7. The molecule has 12 heteroatoms. The molecule has 1 aromatic rings. The Morgan fingerprint density at radius 1 is 1.26 bits per heavy atom. The minimum atomic E-state index is -3.67. The Labute approximate surface area is 230 Å². The molecule has 2 fully saturated rings. The van der Waals surface area contributed by atoms with E-state index in [9.17, 15) is 28.2 Å². The monoisotopic (exact) mass is 573 g/mol. The fourth-order valence-corrected chi connectivity index (χ4v) is 6.39. The molecular weight excluding hydrogens is 530 g/mol. The molecule has 2 aliphatic rings. The van der Waals surface area contributed by atoms with E-state index in [1.807, 2.05) is 39.5 Å². The SMILES string of the molecule is CC[C@H](NC(=O)c1cccc(O)c1C)[C@H](O)CN1C[C@H]2CCS[C@H]2C[C@H]1C(=O)NC(C)(C)C.CS(=O)(=O)O. The van der Waals surface area contributed by atoms with Crippen LogP contribution in [0.1, 0.15) is 62.9 Å². The molecule has 2 heterocycles. The number of aliphatic hydroxyl groups is 1. The van der Waals surface area contributed by atoms with Crippen molar-refractivity contribution in [2.24, 2.45) is 5.92 Å². The molecule has 216 valence electrons. The number of carbonyl (C=O) groups is 2. The Morgan fingerprint density at radius 3 is 2.47 bits per heavy atom. The summed E-state index contributed by atoms with van der Waals surface area (Å²) in [6, 6.07) is 4.11. The summed E-state index contributed by atoms with van der Waals surface area (Å²) >= 11 is 1.96. The van der Waals surface area contributed by atoms with Gasteiger partial charge in [0.2, 0.25) is 5.91 Å². The van der Waals surface area contributed by atoms with Crippen LogP contribution in [0, 0.1) is 12.8 Å². The zero-order valence-corrected chi connectivity index (χ0v) is 24.7. The lowest BCUT2D eigenvalue weighted by Gasteiger charge is -2.43. The number of piperidine rings is 1. The number of hydrogen-bond acceptors (Lipinski definition) is 8.